The van der Waals surface area contributed by atoms with Gasteiger partial charge in [0.2, 0.25) is 5.82 Å². The van der Waals surface area contributed by atoms with Crippen molar-refractivity contribution in [2.45, 2.75) is 6.54 Å². The molecule has 9 heteroatoms. The van der Waals surface area contributed by atoms with Gasteiger partial charge in [-0.05, 0) is 17.7 Å². The predicted molar refractivity (Wildman–Crippen MR) is 90.2 cm³/mol. The number of rotatable bonds is 7. The molecular weight excluding hydrogens is 336 g/mol. The number of carbonyl (C=O) groups excluding carboxylic acids is 1. The van der Waals surface area contributed by atoms with Crippen LogP contribution in [0.2, 0.25) is 5.02 Å². The molecule has 0 spiro atoms. The number of benzene rings is 1. The molecule has 24 heavy (non-hydrogen) atoms. The quantitative estimate of drug-likeness (QED) is 0.449. The van der Waals surface area contributed by atoms with Crippen LogP contribution in [-0.4, -0.2) is 29.5 Å². The number of nitrogens with one attached hydrogen (secondary N) is 2. The monoisotopic (exact) mass is 350 g/mol. The van der Waals surface area contributed by atoms with Crippen LogP contribution in [0.3, 0.4) is 0 Å². The summed E-state index contributed by atoms with van der Waals surface area (Å²) in [4.78, 5) is 25.9. The van der Waals surface area contributed by atoms with Gasteiger partial charge >= 0.3 is 11.7 Å². The lowest BCUT2D eigenvalue weighted by Crippen LogP contribution is -2.16. The zero-order valence-electron chi connectivity index (χ0n) is 12.8. The average Bonchev–Trinajstić information content (AvgIpc) is 2.58. The standard InChI is InChI=1S/C15H15ClN4O4/c1-24-14(21)9-17-13-7-6-12(20(22)23)15(19-13)18-8-10-4-2-3-5-11(10)16/h2-7H,8-9H2,1H3,(H2,17,18,19). The molecule has 0 amide bonds. The van der Waals surface area contributed by atoms with Gasteiger partial charge < -0.3 is 15.4 Å². The summed E-state index contributed by atoms with van der Waals surface area (Å²) in [5, 5.41) is 17.3. The van der Waals surface area contributed by atoms with Gasteiger partial charge in [-0.25, -0.2) is 4.98 Å². The fourth-order valence-corrected chi connectivity index (χ4v) is 2.09. The van der Waals surface area contributed by atoms with E-state index in [-0.39, 0.29) is 24.6 Å². The number of anilines is 2. The van der Waals surface area contributed by atoms with Gasteiger partial charge in [0.15, 0.2) is 0 Å². The molecule has 0 atom stereocenters. The second kappa shape index (κ2) is 8.11. The second-order valence-electron chi connectivity index (χ2n) is 4.70. The summed E-state index contributed by atoms with van der Waals surface area (Å²) in [5.74, 6) is -0.0804. The van der Waals surface area contributed by atoms with Gasteiger partial charge in [-0.2, -0.15) is 0 Å². The summed E-state index contributed by atoms with van der Waals surface area (Å²) in [6.45, 7) is 0.180. The van der Waals surface area contributed by atoms with Gasteiger partial charge in [-0.3, -0.25) is 14.9 Å². The van der Waals surface area contributed by atoms with Crippen LogP contribution in [0.1, 0.15) is 5.56 Å². The van der Waals surface area contributed by atoms with Crippen molar-refractivity contribution in [3.63, 3.8) is 0 Å². The van der Waals surface area contributed by atoms with Crippen LogP contribution >= 0.6 is 11.6 Å². The number of carbonyl (C=O) groups is 1. The molecular formula is C15H15ClN4O4. The fourth-order valence-electron chi connectivity index (χ4n) is 1.88. The average molecular weight is 351 g/mol. The zero-order valence-corrected chi connectivity index (χ0v) is 13.5. The Morgan fingerprint density at radius 2 is 2.04 bits per heavy atom. The van der Waals surface area contributed by atoms with E-state index in [1.165, 1.54) is 19.2 Å². The second-order valence-corrected chi connectivity index (χ2v) is 5.10. The van der Waals surface area contributed by atoms with Crippen LogP contribution < -0.4 is 10.6 Å². The number of methoxy groups -OCH3 is 1. The molecule has 0 aliphatic heterocycles. The Balaban J connectivity index is 2.17. The van der Waals surface area contributed by atoms with Gasteiger partial charge in [-0.1, -0.05) is 29.8 Å². The number of nitrogens with zero attached hydrogens (tertiary/aromatic N) is 2. The van der Waals surface area contributed by atoms with Gasteiger partial charge in [-0.15, -0.1) is 0 Å². The topological polar surface area (TPSA) is 106 Å². The van der Waals surface area contributed by atoms with Gasteiger partial charge in [0.25, 0.3) is 0 Å². The van der Waals surface area contributed by atoms with Crippen molar-refractivity contribution >= 4 is 34.9 Å². The molecule has 0 fully saturated rings. The molecule has 1 aromatic heterocycles. The first-order valence-corrected chi connectivity index (χ1v) is 7.32. The summed E-state index contributed by atoms with van der Waals surface area (Å²) < 4.78 is 4.51. The van der Waals surface area contributed by atoms with Crippen LogP contribution in [0.15, 0.2) is 36.4 Å². The zero-order chi connectivity index (χ0) is 17.5. The maximum Gasteiger partial charge on any atom is 0.325 e. The van der Waals surface area contributed by atoms with E-state index in [2.05, 4.69) is 20.4 Å². The highest BCUT2D eigenvalue weighted by Crippen LogP contribution is 2.25. The number of hydrogen-bond donors (Lipinski definition) is 2. The number of halogens is 1. The predicted octanol–water partition coefficient (Wildman–Crippen LogP) is 2.84. The highest BCUT2D eigenvalue weighted by Gasteiger charge is 2.16. The minimum atomic E-state index is -0.536. The number of nitro groups is 1. The lowest BCUT2D eigenvalue weighted by atomic mass is 10.2. The molecule has 8 nitrogen and oxygen atoms in total. The Labute approximate surface area is 142 Å². The van der Waals surface area contributed by atoms with Crippen molar-refractivity contribution in [3.8, 4) is 0 Å². The third-order valence-corrected chi connectivity index (χ3v) is 3.49. The van der Waals surface area contributed by atoms with Crippen LogP contribution in [0.25, 0.3) is 0 Å². The van der Waals surface area contributed by atoms with E-state index in [1.54, 1.807) is 18.2 Å². The Hall–Kier alpha value is -2.87. The largest absolute Gasteiger partial charge is 0.468 e. The van der Waals surface area contributed by atoms with E-state index in [1.807, 2.05) is 6.07 Å². The number of aromatic nitrogens is 1. The first-order valence-electron chi connectivity index (χ1n) is 6.94. The van der Waals surface area contributed by atoms with Crippen molar-refractivity contribution in [3.05, 3.63) is 57.1 Å². The molecule has 1 aromatic carbocycles. The SMILES string of the molecule is COC(=O)CNc1ccc([N+](=O)[O-])c(NCc2ccccc2Cl)n1. The van der Waals surface area contributed by atoms with E-state index in [0.717, 1.165) is 5.56 Å². The Bertz CT molecular complexity index is 754. The molecule has 0 unspecified atom stereocenters. The third-order valence-electron chi connectivity index (χ3n) is 3.12. The third kappa shape index (κ3) is 4.56. The Morgan fingerprint density at radius 1 is 1.29 bits per heavy atom. The molecule has 126 valence electrons. The highest BCUT2D eigenvalue weighted by molar-refractivity contribution is 6.31. The smallest absolute Gasteiger partial charge is 0.325 e. The van der Waals surface area contributed by atoms with Crippen molar-refractivity contribution < 1.29 is 14.5 Å². The van der Waals surface area contributed by atoms with Crippen LogP contribution in [-0.2, 0) is 16.1 Å². The van der Waals surface area contributed by atoms with E-state index >= 15 is 0 Å². The van der Waals surface area contributed by atoms with Crippen LogP contribution in [0.5, 0.6) is 0 Å². The Morgan fingerprint density at radius 3 is 2.71 bits per heavy atom. The molecule has 2 rings (SSSR count). The first-order chi connectivity index (χ1) is 11.5. The number of ether oxygens (including phenoxy) is 1. The molecule has 0 saturated carbocycles. The lowest BCUT2D eigenvalue weighted by Gasteiger charge is -2.10. The fraction of sp³-hybridized carbons (Fsp3) is 0.200. The van der Waals surface area contributed by atoms with E-state index in [4.69, 9.17) is 11.6 Å². The summed E-state index contributed by atoms with van der Waals surface area (Å²) >= 11 is 6.07. The first kappa shape index (κ1) is 17.5. The number of hydrogen-bond acceptors (Lipinski definition) is 7. The van der Waals surface area contributed by atoms with Crippen LogP contribution in [0.4, 0.5) is 17.3 Å². The lowest BCUT2D eigenvalue weighted by molar-refractivity contribution is -0.384. The summed E-state index contributed by atoms with van der Waals surface area (Å²) in [6.07, 6.45) is 0. The van der Waals surface area contributed by atoms with E-state index in [0.29, 0.717) is 10.8 Å². The minimum absolute atomic E-state index is 0.0785. The molecule has 0 aliphatic rings. The number of esters is 1. The number of pyridine rings is 1. The molecule has 2 aromatic rings. The molecule has 0 bridgehead atoms. The molecule has 1 heterocycles. The summed E-state index contributed by atoms with van der Waals surface area (Å²) in [6, 6.07) is 9.88. The molecule has 0 saturated heterocycles. The van der Waals surface area contributed by atoms with Crippen molar-refractivity contribution in [2.75, 3.05) is 24.3 Å². The summed E-state index contributed by atoms with van der Waals surface area (Å²) in [5.41, 5.74) is 0.605. The van der Waals surface area contributed by atoms with Crippen molar-refractivity contribution in [1.29, 1.82) is 0 Å². The molecule has 0 radical (unpaired) electrons. The van der Waals surface area contributed by atoms with E-state index < -0.39 is 10.9 Å². The summed E-state index contributed by atoms with van der Waals surface area (Å²) in [7, 11) is 1.27. The highest BCUT2D eigenvalue weighted by atomic mass is 35.5. The maximum atomic E-state index is 11.1. The molecule has 2 N–H and O–H groups in total. The van der Waals surface area contributed by atoms with Gasteiger partial charge in [0, 0.05) is 17.6 Å². The maximum absolute atomic E-state index is 11.1. The van der Waals surface area contributed by atoms with Gasteiger partial charge in [0.05, 0.1) is 12.0 Å². The van der Waals surface area contributed by atoms with Crippen LogP contribution in [0, 0.1) is 10.1 Å². The normalized spacial score (nSPS) is 10.1. The van der Waals surface area contributed by atoms with Crippen molar-refractivity contribution in [2.24, 2.45) is 0 Å². The van der Waals surface area contributed by atoms with Crippen molar-refractivity contribution in [1.82, 2.24) is 4.98 Å². The van der Waals surface area contributed by atoms with E-state index in [9.17, 15) is 14.9 Å². The Kier molecular flexibility index (Phi) is 5.91. The minimum Gasteiger partial charge on any atom is -0.468 e. The van der Waals surface area contributed by atoms with Gasteiger partial charge in [0.1, 0.15) is 12.4 Å². The molecule has 0 aliphatic carbocycles.